The second kappa shape index (κ2) is 4.71. The van der Waals surface area contributed by atoms with E-state index in [1.54, 1.807) is 6.08 Å². The predicted octanol–water partition coefficient (Wildman–Crippen LogP) is 3.70. The minimum atomic E-state index is 0.201. The maximum atomic E-state index is 11.2. The maximum Gasteiger partial charge on any atom is 0.157 e. The van der Waals surface area contributed by atoms with Gasteiger partial charge in [0.25, 0.3) is 0 Å². The monoisotopic (exact) mass is 235 g/mol. The molecule has 84 valence electrons. The molecule has 1 aromatic carbocycles. The Kier molecular flexibility index (Phi) is 3.30. The van der Waals surface area contributed by atoms with Crippen molar-refractivity contribution in [2.45, 2.75) is 26.2 Å². The van der Waals surface area contributed by atoms with E-state index in [4.69, 9.17) is 11.6 Å². The first-order chi connectivity index (χ1) is 7.65. The van der Waals surface area contributed by atoms with Crippen LogP contribution in [0.1, 0.15) is 24.8 Å². The van der Waals surface area contributed by atoms with E-state index in [1.165, 1.54) is 0 Å². The first-order valence-electron chi connectivity index (χ1n) is 5.42. The number of hydrogen-bond donors (Lipinski definition) is 1. The van der Waals surface area contributed by atoms with Gasteiger partial charge >= 0.3 is 0 Å². The number of allylic oxidation sites excluding steroid dienone is 2. The van der Waals surface area contributed by atoms with Crippen molar-refractivity contribution in [3.63, 3.8) is 0 Å². The smallest absolute Gasteiger partial charge is 0.157 e. The lowest BCUT2D eigenvalue weighted by Crippen LogP contribution is -2.09. The highest BCUT2D eigenvalue weighted by Gasteiger charge is 2.09. The van der Waals surface area contributed by atoms with Crippen molar-refractivity contribution in [2.75, 3.05) is 5.32 Å². The van der Waals surface area contributed by atoms with Crippen molar-refractivity contribution in [3.8, 4) is 0 Å². The molecule has 3 heteroatoms. The van der Waals surface area contributed by atoms with Crippen LogP contribution in [0.25, 0.3) is 0 Å². The molecule has 0 saturated carbocycles. The molecule has 0 heterocycles. The number of halogens is 1. The lowest BCUT2D eigenvalue weighted by Gasteiger charge is -2.14. The van der Waals surface area contributed by atoms with Crippen LogP contribution in [-0.4, -0.2) is 5.78 Å². The minimum Gasteiger partial charge on any atom is -0.359 e. The summed E-state index contributed by atoms with van der Waals surface area (Å²) in [5.41, 5.74) is 2.98. The van der Waals surface area contributed by atoms with Gasteiger partial charge in [0.15, 0.2) is 5.78 Å². The van der Waals surface area contributed by atoms with Crippen LogP contribution in [0.5, 0.6) is 0 Å². The third kappa shape index (κ3) is 2.64. The van der Waals surface area contributed by atoms with Gasteiger partial charge in [-0.15, -0.1) is 0 Å². The van der Waals surface area contributed by atoms with Crippen LogP contribution in [-0.2, 0) is 4.79 Å². The molecule has 1 aromatic rings. The topological polar surface area (TPSA) is 29.1 Å². The van der Waals surface area contributed by atoms with Gasteiger partial charge in [0.2, 0.25) is 0 Å². The number of carbonyl (C=O) groups excluding carboxylic acids is 1. The number of rotatable bonds is 2. The fourth-order valence-electron chi connectivity index (χ4n) is 1.75. The van der Waals surface area contributed by atoms with E-state index in [1.807, 2.05) is 25.1 Å². The summed E-state index contributed by atoms with van der Waals surface area (Å²) in [5.74, 6) is 0.201. The quantitative estimate of drug-likeness (QED) is 0.847. The molecule has 2 rings (SSSR count). The van der Waals surface area contributed by atoms with Crippen molar-refractivity contribution in [1.29, 1.82) is 0 Å². The molecule has 0 bridgehead atoms. The normalized spacial score (nSPS) is 15.9. The molecular formula is C13H14ClNO. The Labute approximate surface area is 100 Å². The van der Waals surface area contributed by atoms with E-state index in [2.05, 4.69) is 5.32 Å². The van der Waals surface area contributed by atoms with Gasteiger partial charge in [-0.1, -0.05) is 17.7 Å². The third-order valence-electron chi connectivity index (χ3n) is 2.68. The molecule has 0 spiro atoms. The van der Waals surface area contributed by atoms with Gasteiger partial charge in [0, 0.05) is 28.9 Å². The van der Waals surface area contributed by atoms with Crippen molar-refractivity contribution >= 4 is 23.1 Å². The van der Waals surface area contributed by atoms with E-state index >= 15 is 0 Å². The standard InChI is InChI=1S/C13H14ClNO/c1-9-5-6-11(8-13(9)14)15-10-3-2-4-12(16)7-10/h5-8,15H,2-4H2,1H3. The molecule has 0 amide bonds. The molecule has 0 aromatic heterocycles. The van der Waals surface area contributed by atoms with Gasteiger partial charge in [0.1, 0.15) is 0 Å². The molecule has 16 heavy (non-hydrogen) atoms. The Bertz CT molecular complexity index is 451. The zero-order valence-electron chi connectivity index (χ0n) is 9.22. The fourth-order valence-corrected chi connectivity index (χ4v) is 1.93. The average molecular weight is 236 g/mol. The Morgan fingerprint density at radius 1 is 1.31 bits per heavy atom. The number of aryl methyl sites for hydroxylation is 1. The van der Waals surface area contributed by atoms with E-state index in [-0.39, 0.29) is 5.78 Å². The first kappa shape index (κ1) is 11.2. The average Bonchev–Trinajstić information content (AvgIpc) is 2.24. The summed E-state index contributed by atoms with van der Waals surface area (Å²) in [6.45, 7) is 1.97. The van der Waals surface area contributed by atoms with Crippen LogP contribution in [0.4, 0.5) is 5.69 Å². The summed E-state index contributed by atoms with van der Waals surface area (Å²) < 4.78 is 0. The van der Waals surface area contributed by atoms with Gasteiger partial charge in [0.05, 0.1) is 0 Å². The number of ketones is 1. The Hall–Kier alpha value is -1.28. The summed E-state index contributed by atoms with van der Waals surface area (Å²) in [7, 11) is 0. The van der Waals surface area contributed by atoms with Gasteiger partial charge in [-0.2, -0.15) is 0 Å². The fraction of sp³-hybridized carbons (Fsp3) is 0.308. The molecule has 0 fully saturated rings. The maximum absolute atomic E-state index is 11.2. The summed E-state index contributed by atoms with van der Waals surface area (Å²) >= 11 is 6.03. The van der Waals surface area contributed by atoms with E-state index in [0.717, 1.165) is 34.8 Å². The van der Waals surface area contributed by atoms with E-state index < -0.39 is 0 Å². The summed E-state index contributed by atoms with van der Waals surface area (Å²) in [4.78, 5) is 11.2. The number of hydrogen-bond acceptors (Lipinski definition) is 2. The summed E-state index contributed by atoms with van der Waals surface area (Å²) in [5, 5.41) is 3.98. The predicted molar refractivity (Wildman–Crippen MR) is 66.8 cm³/mol. The van der Waals surface area contributed by atoms with Gasteiger partial charge in [-0.05, 0) is 37.5 Å². The zero-order chi connectivity index (χ0) is 11.5. The number of benzene rings is 1. The Morgan fingerprint density at radius 3 is 2.81 bits per heavy atom. The number of carbonyl (C=O) groups is 1. The summed E-state index contributed by atoms with van der Waals surface area (Å²) in [6, 6.07) is 5.83. The lowest BCUT2D eigenvalue weighted by atomic mass is 10.0. The second-order valence-electron chi connectivity index (χ2n) is 4.08. The first-order valence-corrected chi connectivity index (χ1v) is 5.79. The molecule has 1 N–H and O–H groups in total. The highest BCUT2D eigenvalue weighted by atomic mass is 35.5. The van der Waals surface area contributed by atoms with Crippen molar-refractivity contribution in [3.05, 3.63) is 40.6 Å². The van der Waals surface area contributed by atoms with Gasteiger partial charge in [-0.3, -0.25) is 4.79 Å². The van der Waals surface area contributed by atoms with Crippen molar-refractivity contribution in [2.24, 2.45) is 0 Å². The minimum absolute atomic E-state index is 0.201. The molecule has 0 radical (unpaired) electrons. The van der Waals surface area contributed by atoms with Gasteiger partial charge in [-0.25, -0.2) is 0 Å². The Morgan fingerprint density at radius 2 is 2.12 bits per heavy atom. The molecule has 2 nitrogen and oxygen atoms in total. The van der Waals surface area contributed by atoms with E-state index in [0.29, 0.717) is 6.42 Å². The lowest BCUT2D eigenvalue weighted by molar-refractivity contribution is -0.115. The van der Waals surface area contributed by atoms with Crippen LogP contribution in [0.15, 0.2) is 30.0 Å². The number of nitrogens with one attached hydrogen (secondary N) is 1. The van der Waals surface area contributed by atoms with Crippen LogP contribution < -0.4 is 5.32 Å². The SMILES string of the molecule is Cc1ccc(NC2=CC(=O)CCC2)cc1Cl. The highest BCUT2D eigenvalue weighted by molar-refractivity contribution is 6.31. The van der Waals surface area contributed by atoms with Gasteiger partial charge < -0.3 is 5.32 Å². The highest BCUT2D eigenvalue weighted by Crippen LogP contribution is 2.23. The zero-order valence-corrected chi connectivity index (χ0v) is 9.97. The molecule has 0 unspecified atom stereocenters. The molecule has 1 aliphatic carbocycles. The van der Waals surface area contributed by atoms with Crippen molar-refractivity contribution in [1.82, 2.24) is 0 Å². The molecule has 0 saturated heterocycles. The number of anilines is 1. The Balaban J connectivity index is 2.14. The van der Waals surface area contributed by atoms with Crippen LogP contribution in [0.3, 0.4) is 0 Å². The van der Waals surface area contributed by atoms with Crippen LogP contribution in [0, 0.1) is 6.92 Å². The van der Waals surface area contributed by atoms with E-state index in [9.17, 15) is 4.79 Å². The summed E-state index contributed by atoms with van der Waals surface area (Å²) in [6.07, 6.45) is 4.21. The third-order valence-corrected chi connectivity index (χ3v) is 3.09. The molecule has 0 aliphatic heterocycles. The molecule has 0 atom stereocenters. The second-order valence-corrected chi connectivity index (χ2v) is 4.49. The van der Waals surface area contributed by atoms with Crippen LogP contribution in [0.2, 0.25) is 5.02 Å². The molecular weight excluding hydrogens is 222 g/mol. The van der Waals surface area contributed by atoms with Crippen molar-refractivity contribution < 1.29 is 4.79 Å². The largest absolute Gasteiger partial charge is 0.359 e. The molecule has 1 aliphatic rings. The van der Waals surface area contributed by atoms with Crippen LogP contribution >= 0.6 is 11.6 Å².